The quantitative estimate of drug-likeness (QED) is 0.801. The summed E-state index contributed by atoms with van der Waals surface area (Å²) in [6, 6.07) is 14.1. The maximum absolute atomic E-state index is 12.4. The van der Waals surface area contributed by atoms with E-state index in [-0.39, 0.29) is 11.3 Å². The zero-order valence-corrected chi connectivity index (χ0v) is 12.5. The lowest BCUT2D eigenvalue weighted by Gasteiger charge is -2.04. The molecule has 0 saturated heterocycles. The lowest BCUT2D eigenvalue weighted by Crippen LogP contribution is -2.05. The number of rotatable bonds is 4. The number of para-hydroxylation sites is 1. The number of benzene rings is 2. The van der Waals surface area contributed by atoms with Crippen LogP contribution in [0, 0.1) is 0 Å². The molecule has 0 aliphatic rings. The van der Waals surface area contributed by atoms with Crippen molar-refractivity contribution in [3.05, 3.63) is 59.1 Å². The minimum Gasteiger partial charge on any atom is -0.478 e. The van der Waals surface area contributed by atoms with Crippen LogP contribution in [0.15, 0.2) is 53.4 Å². The van der Waals surface area contributed by atoms with Crippen LogP contribution in [-0.4, -0.2) is 20.3 Å². The van der Waals surface area contributed by atoms with Gasteiger partial charge in [-0.05, 0) is 24.3 Å². The molecule has 2 aromatic carbocycles. The van der Waals surface area contributed by atoms with E-state index in [9.17, 15) is 9.00 Å². The molecule has 0 amide bonds. The van der Waals surface area contributed by atoms with E-state index >= 15 is 0 Å². The van der Waals surface area contributed by atoms with E-state index in [0.717, 1.165) is 15.2 Å². The van der Waals surface area contributed by atoms with Gasteiger partial charge in [0.05, 0.1) is 37.2 Å². The molecule has 0 aliphatic carbocycles. The summed E-state index contributed by atoms with van der Waals surface area (Å²) in [5, 5.41) is 9.89. The van der Waals surface area contributed by atoms with Crippen molar-refractivity contribution in [2.24, 2.45) is 0 Å². The van der Waals surface area contributed by atoms with Gasteiger partial charge in [0.15, 0.2) is 0 Å². The predicted octanol–water partition coefficient (Wildman–Crippen LogP) is 3.30. The molecule has 21 heavy (non-hydrogen) atoms. The van der Waals surface area contributed by atoms with Crippen LogP contribution in [0.25, 0.3) is 10.2 Å². The Hall–Kier alpha value is -2.05. The summed E-state index contributed by atoms with van der Waals surface area (Å²) < 4.78 is 13.5. The summed E-state index contributed by atoms with van der Waals surface area (Å²) in [5.74, 6) is -0.841. The third kappa shape index (κ3) is 2.86. The fourth-order valence-electron chi connectivity index (χ4n) is 2.01. The Kier molecular flexibility index (Phi) is 3.81. The summed E-state index contributed by atoms with van der Waals surface area (Å²) in [4.78, 5) is 15.9. The molecule has 1 heterocycles. The van der Waals surface area contributed by atoms with Gasteiger partial charge in [0.1, 0.15) is 5.01 Å². The van der Waals surface area contributed by atoms with E-state index in [1.807, 2.05) is 24.3 Å². The normalized spacial score (nSPS) is 12.4. The molecule has 0 radical (unpaired) electrons. The Morgan fingerprint density at radius 2 is 1.86 bits per heavy atom. The zero-order chi connectivity index (χ0) is 14.8. The van der Waals surface area contributed by atoms with Gasteiger partial charge in [0.25, 0.3) is 0 Å². The third-order valence-corrected chi connectivity index (χ3v) is 5.56. The molecule has 106 valence electrons. The number of hydrogen-bond donors (Lipinski definition) is 1. The first kappa shape index (κ1) is 13.9. The SMILES string of the molecule is O=C(O)c1ccccc1S(=O)Cc1nc2ccccc2s1. The van der Waals surface area contributed by atoms with Crippen molar-refractivity contribution < 1.29 is 14.1 Å². The van der Waals surface area contributed by atoms with E-state index in [4.69, 9.17) is 5.11 Å². The average molecular weight is 317 g/mol. The van der Waals surface area contributed by atoms with Crippen molar-refractivity contribution in [3.8, 4) is 0 Å². The maximum Gasteiger partial charge on any atom is 0.336 e. The van der Waals surface area contributed by atoms with E-state index in [1.54, 1.807) is 18.2 Å². The van der Waals surface area contributed by atoms with Gasteiger partial charge >= 0.3 is 5.97 Å². The molecule has 6 heteroatoms. The lowest BCUT2D eigenvalue weighted by molar-refractivity contribution is 0.0693. The van der Waals surface area contributed by atoms with Crippen LogP contribution < -0.4 is 0 Å². The number of nitrogens with zero attached hydrogens (tertiary/aromatic N) is 1. The second-order valence-corrected chi connectivity index (χ2v) is 6.90. The van der Waals surface area contributed by atoms with Crippen LogP contribution in [0.1, 0.15) is 15.4 Å². The molecule has 1 N–H and O–H groups in total. The van der Waals surface area contributed by atoms with Crippen molar-refractivity contribution in [3.63, 3.8) is 0 Å². The Morgan fingerprint density at radius 1 is 1.14 bits per heavy atom. The Balaban J connectivity index is 1.91. The van der Waals surface area contributed by atoms with Crippen molar-refractivity contribution >= 4 is 38.3 Å². The van der Waals surface area contributed by atoms with Gasteiger partial charge in [0.2, 0.25) is 0 Å². The van der Waals surface area contributed by atoms with Gasteiger partial charge in [-0.15, -0.1) is 11.3 Å². The van der Waals surface area contributed by atoms with E-state index in [0.29, 0.717) is 4.90 Å². The van der Waals surface area contributed by atoms with Crippen LogP contribution in [0.3, 0.4) is 0 Å². The number of aromatic carboxylic acids is 1. The Labute approximate surface area is 127 Å². The van der Waals surface area contributed by atoms with Crippen molar-refractivity contribution in [1.29, 1.82) is 0 Å². The van der Waals surface area contributed by atoms with E-state index in [2.05, 4.69) is 4.98 Å². The van der Waals surface area contributed by atoms with Crippen molar-refractivity contribution in [1.82, 2.24) is 4.98 Å². The van der Waals surface area contributed by atoms with Crippen LogP contribution >= 0.6 is 11.3 Å². The van der Waals surface area contributed by atoms with Gasteiger partial charge in [-0.3, -0.25) is 4.21 Å². The van der Waals surface area contributed by atoms with Crippen LogP contribution in [0.2, 0.25) is 0 Å². The Morgan fingerprint density at radius 3 is 2.62 bits per heavy atom. The molecule has 0 saturated carbocycles. The Bertz CT molecular complexity index is 809. The fraction of sp³-hybridized carbons (Fsp3) is 0.0667. The number of carboxylic acid groups (broad SMARTS) is 1. The minimum absolute atomic E-state index is 0.0805. The molecule has 0 bridgehead atoms. The standard InChI is InChI=1S/C15H11NO3S2/c17-15(18)10-5-1-4-8-13(10)21(19)9-14-16-11-6-2-3-7-12(11)20-14/h1-8H,9H2,(H,17,18). The molecule has 1 aromatic heterocycles. The van der Waals surface area contributed by atoms with Gasteiger partial charge in [0, 0.05) is 0 Å². The molecule has 1 atom stereocenters. The molecule has 0 aliphatic heterocycles. The van der Waals surface area contributed by atoms with Gasteiger partial charge < -0.3 is 5.11 Å². The number of aromatic nitrogens is 1. The second-order valence-electron chi connectivity index (χ2n) is 4.37. The monoisotopic (exact) mass is 317 g/mol. The first-order valence-electron chi connectivity index (χ1n) is 6.20. The molecule has 0 fully saturated rings. The molecular weight excluding hydrogens is 306 g/mol. The largest absolute Gasteiger partial charge is 0.478 e. The summed E-state index contributed by atoms with van der Waals surface area (Å²) in [6.45, 7) is 0. The highest BCUT2D eigenvalue weighted by Crippen LogP contribution is 2.24. The van der Waals surface area contributed by atoms with E-state index in [1.165, 1.54) is 17.4 Å². The first-order valence-corrected chi connectivity index (χ1v) is 8.34. The molecule has 4 nitrogen and oxygen atoms in total. The number of fused-ring (bicyclic) bond motifs is 1. The highest BCUT2D eigenvalue weighted by molar-refractivity contribution is 7.84. The number of thiazole rings is 1. The van der Waals surface area contributed by atoms with Crippen LogP contribution in [0.4, 0.5) is 0 Å². The second kappa shape index (κ2) is 5.75. The molecular formula is C15H11NO3S2. The van der Waals surface area contributed by atoms with Crippen molar-refractivity contribution in [2.45, 2.75) is 10.6 Å². The summed E-state index contributed by atoms with van der Waals surface area (Å²) in [5.41, 5.74) is 0.956. The highest BCUT2D eigenvalue weighted by atomic mass is 32.2. The van der Waals surface area contributed by atoms with E-state index < -0.39 is 16.8 Å². The summed E-state index contributed by atoms with van der Waals surface area (Å²) >= 11 is 1.48. The maximum atomic E-state index is 12.4. The molecule has 3 rings (SSSR count). The topological polar surface area (TPSA) is 67.3 Å². The van der Waals surface area contributed by atoms with Gasteiger partial charge in [-0.1, -0.05) is 24.3 Å². The fourth-order valence-corrected chi connectivity index (χ4v) is 4.41. The van der Waals surface area contributed by atoms with Gasteiger partial charge in [-0.25, -0.2) is 9.78 Å². The number of carbonyl (C=O) groups is 1. The predicted molar refractivity (Wildman–Crippen MR) is 83.1 cm³/mol. The van der Waals surface area contributed by atoms with Crippen LogP contribution in [0.5, 0.6) is 0 Å². The zero-order valence-electron chi connectivity index (χ0n) is 10.9. The molecule has 0 spiro atoms. The third-order valence-electron chi connectivity index (χ3n) is 2.96. The van der Waals surface area contributed by atoms with Crippen molar-refractivity contribution in [2.75, 3.05) is 0 Å². The number of hydrogen-bond acceptors (Lipinski definition) is 4. The summed E-state index contributed by atoms with van der Waals surface area (Å²) in [7, 11) is -1.43. The number of carboxylic acids is 1. The highest BCUT2D eigenvalue weighted by Gasteiger charge is 2.16. The first-order chi connectivity index (χ1) is 10.1. The van der Waals surface area contributed by atoms with Crippen LogP contribution in [-0.2, 0) is 16.6 Å². The average Bonchev–Trinajstić information content (AvgIpc) is 2.89. The summed E-state index contributed by atoms with van der Waals surface area (Å²) in [6.07, 6.45) is 0. The van der Waals surface area contributed by atoms with Gasteiger partial charge in [-0.2, -0.15) is 0 Å². The minimum atomic E-state index is -1.43. The molecule has 1 unspecified atom stereocenters. The lowest BCUT2D eigenvalue weighted by atomic mass is 10.2. The molecule has 3 aromatic rings. The smallest absolute Gasteiger partial charge is 0.336 e.